The van der Waals surface area contributed by atoms with Gasteiger partial charge >= 0.3 is 11.8 Å². The number of benzene rings is 3. The topological polar surface area (TPSA) is 109 Å². The number of ether oxygens (including phenoxy) is 1. The molecule has 3 rings (SSSR count). The van der Waals surface area contributed by atoms with Gasteiger partial charge in [-0.1, -0.05) is 39.7 Å². The van der Waals surface area contributed by atoms with Crippen molar-refractivity contribution in [3.8, 4) is 5.75 Å². The summed E-state index contributed by atoms with van der Waals surface area (Å²) in [5, 5.41) is 9.01. The second-order valence-corrected chi connectivity index (χ2v) is 7.85. The van der Waals surface area contributed by atoms with Gasteiger partial charge in [0.1, 0.15) is 5.75 Å². The summed E-state index contributed by atoms with van der Waals surface area (Å²) in [6.07, 6.45) is 1.39. The van der Waals surface area contributed by atoms with Crippen molar-refractivity contribution < 1.29 is 19.1 Å². The van der Waals surface area contributed by atoms with Crippen LogP contribution in [0, 0.1) is 6.92 Å². The third-order valence-electron chi connectivity index (χ3n) is 4.25. The fraction of sp³-hybridized carbons (Fsp3) is 0.0833. The Labute approximate surface area is 199 Å². The van der Waals surface area contributed by atoms with Gasteiger partial charge in [-0.3, -0.25) is 14.4 Å². The molecule has 0 atom stereocenters. The van der Waals surface area contributed by atoms with Crippen LogP contribution in [-0.4, -0.2) is 30.5 Å². The lowest BCUT2D eigenvalue weighted by Gasteiger charge is -2.08. The van der Waals surface area contributed by atoms with Crippen molar-refractivity contribution in [3.05, 3.63) is 88.4 Å². The van der Waals surface area contributed by atoms with Crippen LogP contribution in [0.15, 0.2) is 82.4 Å². The predicted octanol–water partition coefficient (Wildman–Crippen LogP) is 3.86. The third kappa shape index (κ3) is 7.89. The Morgan fingerprint density at radius 2 is 1.64 bits per heavy atom. The number of carbonyl (C=O) groups excluding carboxylic acids is 3. The largest absolute Gasteiger partial charge is 0.484 e. The minimum absolute atomic E-state index is 0.134. The van der Waals surface area contributed by atoms with Crippen LogP contribution in [0.3, 0.4) is 0 Å². The molecular weight excluding hydrogens is 488 g/mol. The Balaban J connectivity index is 1.42. The van der Waals surface area contributed by atoms with Crippen LogP contribution >= 0.6 is 15.9 Å². The summed E-state index contributed by atoms with van der Waals surface area (Å²) in [4.78, 5) is 35.8. The molecule has 8 nitrogen and oxygen atoms in total. The molecule has 3 amide bonds. The van der Waals surface area contributed by atoms with Gasteiger partial charge in [0.25, 0.3) is 5.91 Å². The second-order valence-electron chi connectivity index (χ2n) is 6.94. The number of nitrogens with one attached hydrogen (secondary N) is 3. The molecular formula is C24H21BrN4O4. The van der Waals surface area contributed by atoms with E-state index in [9.17, 15) is 14.4 Å². The van der Waals surface area contributed by atoms with Crippen LogP contribution in [0.5, 0.6) is 5.75 Å². The Bertz CT molecular complexity index is 1160. The molecule has 3 aromatic carbocycles. The van der Waals surface area contributed by atoms with E-state index in [-0.39, 0.29) is 12.5 Å². The zero-order valence-electron chi connectivity index (χ0n) is 17.7. The molecule has 0 aliphatic carbocycles. The van der Waals surface area contributed by atoms with Crippen LogP contribution < -0.4 is 20.8 Å². The molecule has 0 aromatic heterocycles. The fourth-order valence-electron chi connectivity index (χ4n) is 2.60. The molecule has 0 aliphatic heterocycles. The molecule has 3 aromatic rings. The molecule has 9 heteroatoms. The van der Waals surface area contributed by atoms with Gasteiger partial charge in [-0.2, -0.15) is 5.10 Å². The van der Waals surface area contributed by atoms with Crippen LogP contribution in [-0.2, 0) is 14.4 Å². The lowest BCUT2D eigenvalue weighted by molar-refractivity contribution is -0.136. The zero-order chi connectivity index (χ0) is 23.6. The minimum atomic E-state index is -0.897. The highest BCUT2D eigenvalue weighted by Gasteiger charge is 2.12. The van der Waals surface area contributed by atoms with Crippen molar-refractivity contribution in [1.82, 2.24) is 5.43 Å². The number of hydrogen-bond acceptors (Lipinski definition) is 5. The highest BCUT2D eigenvalue weighted by molar-refractivity contribution is 9.10. The van der Waals surface area contributed by atoms with Crippen molar-refractivity contribution in [2.45, 2.75) is 6.92 Å². The molecule has 0 aliphatic rings. The number of hydrogen-bond donors (Lipinski definition) is 3. The Morgan fingerprint density at radius 3 is 2.33 bits per heavy atom. The number of nitrogens with zero attached hydrogens (tertiary/aromatic N) is 1. The van der Waals surface area contributed by atoms with E-state index >= 15 is 0 Å². The van der Waals surface area contributed by atoms with Crippen molar-refractivity contribution in [1.29, 1.82) is 0 Å². The van der Waals surface area contributed by atoms with Gasteiger partial charge in [0.15, 0.2) is 6.61 Å². The smallest absolute Gasteiger partial charge is 0.329 e. The van der Waals surface area contributed by atoms with E-state index in [1.807, 2.05) is 31.2 Å². The molecule has 0 spiro atoms. The average Bonchev–Trinajstić information content (AvgIpc) is 2.80. The van der Waals surface area contributed by atoms with Crippen LogP contribution in [0.2, 0.25) is 0 Å². The number of hydrazone groups is 1. The number of aryl methyl sites for hydroxylation is 1. The summed E-state index contributed by atoms with van der Waals surface area (Å²) in [5.74, 6) is -1.50. The summed E-state index contributed by atoms with van der Waals surface area (Å²) in [7, 11) is 0. The van der Waals surface area contributed by atoms with Gasteiger partial charge in [-0.05, 0) is 67.1 Å². The molecule has 0 radical (unpaired) electrons. The number of anilines is 2. The van der Waals surface area contributed by atoms with Crippen LogP contribution in [0.1, 0.15) is 11.1 Å². The fourth-order valence-corrected chi connectivity index (χ4v) is 3.00. The summed E-state index contributed by atoms with van der Waals surface area (Å²) >= 11 is 3.29. The normalized spacial score (nSPS) is 10.5. The molecule has 33 heavy (non-hydrogen) atoms. The molecule has 0 heterocycles. The first-order valence-corrected chi connectivity index (χ1v) is 10.7. The quantitative estimate of drug-likeness (QED) is 0.255. The monoisotopic (exact) mass is 508 g/mol. The molecule has 0 saturated carbocycles. The summed E-state index contributed by atoms with van der Waals surface area (Å²) < 4.78 is 6.25. The maximum atomic E-state index is 12.0. The van der Waals surface area contributed by atoms with Crippen molar-refractivity contribution >= 4 is 51.2 Å². The van der Waals surface area contributed by atoms with Gasteiger partial charge in [-0.25, -0.2) is 5.43 Å². The van der Waals surface area contributed by atoms with E-state index in [2.05, 4.69) is 37.1 Å². The first kappa shape index (κ1) is 23.7. The highest BCUT2D eigenvalue weighted by atomic mass is 79.9. The summed E-state index contributed by atoms with van der Waals surface area (Å²) in [6, 6.07) is 21.1. The minimum Gasteiger partial charge on any atom is -0.484 e. The zero-order valence-corrected chi connectivity index (χ0v) is 19.3. The highest BCUT2D eigenvalue weighted by Crippen LogP contribution is 2.15. The maximum Gasteiger partial charge on any atom is 0.329 e. The molecule has 0 fully saturated rings. The Morgan fingerprint density at radius 1 is 0.909 bits per heavy atom. The lowest BCUT2D eigenvalue weighted by Crippen LogP contribution is -2.32. The van der Waals surface area contributed by atoms with Gasteiger partial charge < -0.3 is 15.4 Å². The van der Waals surface area contributed by atoms with Gasteiger partial charge in [0, 0.05) is 15.8 Å². The third-order valence-corrected chi connectivity index (χ3v) is 4.75. The number of rotatable bonds is 7. The number of carbonyl (C=O) groups is 3. The molecule has 0 bridgehead atoms. The Hall–Kier alpha value is -3.98. The number of halogens is 1. The molecule has 0 unspecified atom stereocenters. The standard InChI is InChI=1S/C24H21BrN4O4/c1-16-5-9-19(10-6-16)27-22(30)15-33-21-11-7-17(8-12-21)14-26-29-24(32)23(31)28-20-4-2-3-18(25)13-20/h2-14H,15H2,1H3,(H,27,30)(H,28,31)(H,29,32)/b26-14-. The van der Waals surface area contributed by atoms with Crippen LogP contribution in [0.25, 0.3) is 0 Å². The van der Waals surface area contributed by atoms with E-state index in [4.69, 9.17) is 4.74 Å². The van der Waals surface area contributed by atoms with E-state index in [0.29, 0.717) is 22.7 Å². The van der Waals surface area contributed by atoms with Gasteiger partial charge in [0.2, 0.25) is 0 Å². The first-order valence-electron chi connectivity index (χ1n) is 9.88. The predicted molar refractivity (Wildman–Crippen MR) is 130 cm³/mol. The van der Waals surface area contributed by atoms with Crippen molar-refractivity contribution in [2.24, 2.45) is 5.10 Å². The van der Waals surface area contributed by atoms with E-state index < -0.39 is 11.8 Å². The van der Waals surface area contributed by atoms with Gasteiger partial charge in [0.05, 0.1) is 6.21 Å². The molecule has 3 N–H and O–H groups in total. The second kappa shape index (κ2) is 11.6. The summed E-state index contributed by atoms with van der Waals surface area (Å²) in [6.45, 7) is 1.84. The molecule has 168 valence electrons. The van der Waals surface area contributed by atoms with E-state index in [1.165, 1.54) is 6.21 Å². The van der Waals surface area contributed by atoms with E-state index in [0.717, 1.165) is 10.0 Å². The van der Waals surface area contributed by atoms with Crippen molar-refractivity contribution in [2.75, 3.05) is 17.2 Å². The molecule has 0 saturated heterocycles. The van der Waals surface area contributed by atoms with E-state index in [1.54, 1.807) is 48.5 Å². The van der Waals surface area contributed by atoms with Crippen LogP contribution in [0.4, 0.5) is 11.4 Å². The Kier molecular flexibility index (Phi) is 8.31. The lowest BCUT2D eigenvalue weighted by atomic mass is 10.2. The number of amides is 3. The SMILES string of the molecule is Cc1ccc(NC(=O)COc2ccc(/C=N\NC(=O)C(=O)Nc3cccc(Br)c3)cc2)cc1. The first-order chi connectivity index (χ1) is 15.9. The van der Waals surface area contributed by atoms with Crippen molar-refractivity contribution in [3.63, 3.8) is 0 Å². The summed E-state index contributed by atoms with van der Waals surface area (Å²) in [5.41, 5.74) is 5.13. The van der Waals surface area contributed by atoms with Gasteiger partial charge in [-0.15, -0.1) is 0 Å². The average molecular weight is 509 g/mol. The maximum absolute atomic E-state index is 12.0.